The Morgan fingerprint density at radius 3 is 2.18 bits per heavy atom. The molecule has 0 aliphatic heterocycles. The third kappa shape index (κ3) is 6.52. The van der Waals surface area contributed by atoms with Gasteiger partial charge in [-0.1, -0.05) is 41.4 Å². The zero-order valence-corrected chi connectivity index (χ0v) is 22.3. The molecule has 0 aliphatic rings. The van der Waals surface area contributed by atoms with Crippen molar-refractivity contribution in [1.29, 1.82) is 0 Å². The highest BCUT2D eigenvalue weighted by Gasteiger charge is 2.17. The number of aryl methyl sites for hydroxylation is 3. The van der Waals surface area contributed by atoms with Gasteiger partial charge in [-0.25, -0.2) is 8.42 Å². The van der Waals surface area contributed by atoms with E-state index >= 15 is 0 Å². The molecule has 0 aliphatic carbocycles. The van der Waals surface area contributed by atoms with E-state index in [4.69, 9.17) is 16.3 Å². The van der Waals surface area contributed by atoms with Crippen LogP contribution in [-0.2, 0) is 27.7 Å². The van der Waals surface area contributed by atoms with Crippen LogP contribution in [0.5, 0.6) is 5.75 Å². The van der Waals surface area contributed by atoms with Crippen LogP contribution in [0.25, 0.3) is 0 Å². The van der Waals surface area contributed by atoms with Gasteiger partial charge >= 0.3 is 0 Å². The summed E-state index contributed by atoms with van der Waals surface area (Å²) in [5.74, 6) is 0.148. The average molecular weight is 566 g/mol. The molecule has 34 heavy (non-hydrogen) atoms. The van der Waals surface area contributed by atoms with Crippen LogP contribution in [0.2, 0.25) is 5.02 Å². The normalized spacial score (nSPS) is 11.2. The van der Waals surface area contributed by atoms with E-state index in [1.165, 1.54) is 12.1 Å². The van der Waals surface area contributed by atoms with Crippen LogP contribution in [0.15, 0.2) is 64.0 Å². The van der Waals surface area contributed by atoms with Gasteiger partial charge in [-0.3, -0.25) is 9.52 Å². The standard InChI is InChI=1S/C25H26BrClN2O4S/c1-4-17-13-19(26)14-18(5-2)25(17)28-24(30)15-33-23-11-10-22(12-16(23)3)34(31,32)29-21-8-6-20(27)7-9-21/h6-14,29H,4-5,15H2,1-3H3,(H,28,30). The third-order valence-electron chi connectivity index (χ3n) is 5.20. The molecule has 0 atom stereocenters. The van der Waals surface area contributed by atoms with Gasteiger partial charge in [-0.15, -0.1) is 0 Å². The fraction of sp³-hybridized carbons (Fsp3) is 0.240. The fourth-order valence-corrected chi connectivity index (χ4v) is 5.27. The lowest BCUT2D eigenvalue weighted by Gasteiger charge is -2.16. The first-order chi connectivity index (χ1) is 16.1. The third-order valence-corrected chi connectivity index (χ3v) is 7.29. The Kier molecular flexibility index (Phi) is 8.62. The molecular weight excluding hydrogens is 540 g/mol. The first-order valence-electron chi connectivity index (χ1n) is 10.8. The first kappa shape index (κ1) is 26.1. The predicted octanol–water partition coefficient (Wildman–Crippen LogP) is 6.35. The minimum atomic E-state index is -3.79. The SMILES string of the molecule is CCc1cc(Br)cc(CC)c1NC(=O)COc1ccc(S(=O)(=O)Nc2ccc(Cl)cc2)cc1C. The molecule has 0 saturated heterocycles. The van der Waals surface area contributed by atoms with Crippen molar-refractivity contribution < 1.29 is 17.9 Å². The molecule has 1 amide bonds. The lowest BCUT2D eigenvalue weighted by molar-refractivity contribution is -0.118. The van der Waals surface area contributed by atoms with Crippen LogP contribution in [-0.4, -0.2) is 20.9 Å². The zero-order valence-electron chi connectivity index (χ0n) is 19.1. The molecule has 0 fully saturated rings. The maximum absolute atomic E-state index is 12.7. The number of rotatable bonds is 9. The summed E-state index contributed by atoms with van der Waals surface area (Å²) in [7, 11) is -3.79. The van der Waals surface area contributed by atoms with Crippen LogP contribution in [0.1, 0.15) is 30.5 Å². The number of sulfonamides is 1. The molecule has 6 nitrogen and oxygen atoms in total. The highest BCUT2D eigenvalue weighted by Crippen LogP contribution is 2.28. The number of hydrogen-bond acceptors (Lipinski definition) is 4. The fourth-order valence-electron chi connectivity index (χ4n) is 3.45. The lowest BCUT2D eigenvalue weighted by atomic mass is 10.0. The minimum Gasteiger partial charge on any atom is -0.483 e. The number of carbonyl (C=O) groups is 1. The first-order valence-corrected chi connectivity index (χ1v) is 13.4. The van der Waals surface area contributed by atoms with Crippen molar-refractivity contribution in [2.45, 2.75) is 38.5 Å². The van der Waals surface area contributed by atoms with Gasteiger partial charge in [-0.05, 0) is 91.1 Å². The molecule has 180 valence electrons. The van der Waals surface area contributed by atoms with E-state index in [9.17, 15) is 13.2 Å². The van der Waals surface area contributed by atoms with Gasteiger partial charge in [0.1, 0.15) is 5.75 Å². The van der Waals surface area contributed by atoms with Gasteiger partial charge in [0.15, 0.2) is 6.61 Å². The topological polar surface area (TPSA) is 84.5 Å². The van der Waals surface area contributed by atoms with Gasteiger partial charge < -0.3 is 10.1 Å². The van der Waals surface area contributed by atoms with E-state index < -0.39 is 10.0 Å². The number of halogens is 2. The van der Waals surface area contributed by atoms with Crippen molar-refractivity contribution in [2.24, 2.45) is 0 Å². The average Bonchev–Trinajstić information content (AvgIpc) is 2.80. The van der Waals surface area contributed by atoms with Gasteiger partial charge in [0, 0.05) is 20.9 Å². The van der Waals surface area contributed by atoms with Gasteiger partial charge in [0.2, 0.25) is 0 Å². The van der Waals surface area contributed by atoms with Crippen molar-refractivity contribution in [3.8, 4) is 5.75 Å². The van der Waals surface area contributed by atoms with Crippen LogP contribution >= 0.6 is 27.5 Å². The van der Waals surface area contributed by atoms with Crippen LogP contribution in [0.3, 0.4) is 0 Å². The molecule has 0 bridgehead atoms. The van der Waals surface area contributed by atoms with Crippen molar-refractivity contribution in [1.82, 2.24) is 0 Å². The Bertz CT molecular complexity index is 1270. The summed E-state index contributed by atoms with van der Waals surface area (Å²) < 4.78 is 34.6. The molecular formula is C25H26BrClN2O4S. The number of ether oxygens (including phenoxy) is 1. The highest BCUT2D eigenvalue weighted by atomic mass is 79.9. The minimum absolute atomic E-state index is 0.0896. The summed E-state index contributed by atoms with van der Waals surface area (Å²) in [6.45, 7) is 5.61. The summed E-state index contributed by atoms with van der Waals surface area (Å²) in [5.41, 5.74) is 3.90. The Morgan fingerprint density at radius 1 is 1.00 bits per heavy atom. The van der Waals surface area contributed by atoms with E-state index in [1.807, 2.05) is 26.0 Å². The molecule has 0 aromatic heterocycles. The number of hydrogen-bond donors (Lipinski definition) is 2. The van der Waals surface area contributed by atoms with E-state index in [2.05, 4.69) is 26.0 Å². The largest absolute Gasteiger partial charge is 0.483 e. The molecule has 3 aromatic rings. The van der Waals surface area contributed by atoms with Gasteiger partial charge in [0.05, 0.1) is 4.90 Å². The number of carbonyl (C=O) groups excluding carboxylic acids is 1. The zero-order chi connectivity index (χ0) is 24.9. The van der Waals surface area contributed by atoms with E-state index in [-0.39, 0.29) is 17.4 Å². The number of nitrogens with one attached hydrogen (secondary N) is 2. The molecule has 3 rings (SSSR count). The molecule has 0 radical (unpaired) electrons. The number of benzene rings is 3. The summed E-state index contributed by atoms with van der Waals surface area (Å²) in [4.78, 5) is 12.7. The molecule has 0 saturated carbocycles. The smallest absolute Gasteiger partial charge is 0.262 e. The number of anilines is 2. The summed E-state index contributed by atoms with van der Waals surface area (Å²) in [5, 5.41) is 3.48. The summed E-state index contributed by atoms with van der Waals surface area (Å²) in [6, 6.07) is 14.9. The van der Waals surface area contributed by atoms with Crippen LogP contribution < -0.4 is 14.8 Å². The van der Waals surface area contributed by atoms with Crippen LogP contribution in [0.4, 0.5) is 11.4 Å². The Hall–Kier alpha value is -2.55. The Balaban J connectivity index is 1.68. The van der Waals surface area contributed by atoms with Crippen molar-refractivity contribution in [3.63, 3.8) is 0 Å². The maximum Gasteiger partial charge on any atom is 0.262 e. The second-order valence-electron chi connectivity index (χ2n) is 7.68. The second kappa shape index (κ2) is 11.3. The molecule has 0 heterocycles. The molecule has 9 heteroatoms. The molecule has 0 unspecified atom stereocenters. The van der Waals surface area contributed by atoms with Gasteiger partial charge in [-0.2, -0.15) is 0 Å². The predicted molar refractivity (Wildman–Crippen MR) is 140 cm³/mol. The van der Waals surface area contributed by atoms with Gasteiger partial charge in [0.25, 0.3) is 15.9 Å². The Morgan fingerprint density at radius 2 is 1.62 bits per heavy atom. The lowest BCUT2D eigenvalue weighted by Crippen LogP contribution is -2.22. The van der Waals surface area contributed by atoms with Crippen molar-refractivity contribution in [3.05, 3.63) is 80.8 Å². The number of amides is 1. The Labute approximate surface area is 213 Å². The van der Waals surface area contributed by atoms with Crippen molar-refractivity contribution in [2.75, 3.05) is 16.6 Å². The van der Waals surface area contributed by atoms with E-state index in [1.54, 1.807) is 37.3 Å². The molecule has 0 spiro atoms. The summed E-state index contributed by atoms with van der Waals surface area (Å²) >= 11 is 9.37. The highest BCUT2D eigenvalue weighted by molar-refractivity contribution is 9.10. The van der Waals surface area contributed by atoms with Crippen LogP contribution in [0, 0.1) is 6.92 Å². The van der Waals surface area contributed by atoms with Crippen molar-refractivity contribution >= 4 is 54.8 Å². The summed E-state index contributed by atoms with van der Waals surface area (Å²) in [6.07, 6.45) is 1.56. The quantitative estimate of drug-likeness (QED) is 0.316. The van der Waals surface area contributed by atoms with E-state index in [0.29, 0.717) is 22.0 Å². The monoisotopic (exact) mass is 564 g/mol. The second-order valence-corrected chi connectivity index (χ2v) is 10.7. The maximum atomic E-state index is 12.7. The molecule has 3 aromatic carbocycles. The molecule has 2 N–H and O–H groups in total. The van der Waals surface area contributed by atoms with E-state index in [0.717, 1.165) is 34.1 Å².